The number of ketones is 3. The number of aliphatic hydroxyl groups excluding tert-OH is 1. The summed E-state index contributed by atoms with van der Waals surface area (Å²) in [5, 5.41) is 15.7. The van der Waals surface area contributed by atoms with E-state index >= 15 is 0 Å². The van der Waals surface area contributed by atoms with Crippen LogP contribution in [0.15, 0.2) is 0 Å². The summed E-state index contributed by atoms with van der Waals surface area (Å²) in [5.74, 6) is -0.0463. The standard InChI is InChI=1S/C17H28N2O4/c1-9(2)15(22)11-6-14(21)13(19-11)7-17(3,4)16(23)12-5-10(20)8-18-12/h9-13,18-20H,5-8H2,1-4H3/t10-,11-,12-,13?/m0/s1. The van der Waals surface area contributed by atoms with Crippen molar-refractivity contribution in [3.63, 3.8) is 0 Å². The highest BCUT2D eigenvalue weighted by atomic mass is 16.3. The highest BCUT2D eigenvalue weighted by Gasteiger charge is 2.43. The molecule has 2 aliphatic heterocycles. The summed E-state index contributed by atoms with van der Waals surface area (Å²) in [7, 11) is 0. The van der Waals surface area contributed by atoms with Crippen molar-refractivity contribution < 1.29 is 19.5 Å². The van der Waals surface area contributed by atoms with Crippen molar-refractivity contribution in [3.8, 4) is 0 Å². The Morgan fingerprint density at radius 1 is 1.30 bits per heavy atom. The van der Waals surface area contributed by atoms with Gasteiger partial charge in [0.15, 0.2) is 17.3 Å². The first-order chi connectivity index (χ1) is 10.6. The van der Waals surface area contributed by atoms with E-state index in [1.807, 2.05) is 27.7 Å². The SMILES string of the molecule is CC(C)C(=O)[C@@H]1CC(=O)C(CC(C)(C)C(=O)[C@@H]2C[C@H](O)CN2)N1. The largest absolute Gasteiger partial charge is 0.392 e. The highest BCUT2D eigenvalue weighted by Crippen LogP contribution is 2.30. The van der Waals surface area contributed by atoms with Crippen LogP contribution in [0.1, 0.15) is 47.0 Å². The zero-order chi connectivity index (χ0) is 17.4. The lowest BCUT2D eigenvalue weighted by molar-refractivity contribution is -0.130. The van der Waals surface area contributed by atoms with Gasteiger partial charge in [-0.3, -0.25) is 19.7 Å². The first-order valence-electron chi connectivity index (χ1n) is 8.40. The fourth-order valence-corrected chi connectivity index (χ4v) is 3.50. The normalized spacial score (nSPS) is 31.8. The van der Waals surface area contributed by atoms with Crippen LogP contribution in [0.4, 0.5) is 0 Å². The summed E-state index contributed by atoms with van der Waals surface area (Å²) in [6.07, 6.45) is 0.523. The van der Waals surface area contributed by atoms with Gasteiger partial charge in [-0.2, -0.15) is 0 Å². The molecule has 0 aromatic carbocycles. The molecule has 0 bridgehead atoms. The molecule has 6 heteroatoms. The number of rotatable bonds is 6. The topological polar surface area (TPSA) is 95.5 Å². The molecule has 130 valence electrons. The predicted molar refractivity (Wildman–Crippen MR) is 86.0 cm³/mol. The monoisotopic (exact) mass is 324 g/mol. The van der Waals surface area contributed by atoms with Crippen molar-refractivity contribution in [2.24, 2.45) is 11.3 Å². The van der Waals surface area contributed by atoms with E-state index < -0.39 is 23.6 Å². The first kappa shape index (κ1) is 18.2. The highest BCUT2D eigenvalue weighted by molar-refractivity contribution is 5.97. The van der Waals surface area contributed by atoms with Crippen LogP contribution in [0.25, 0.3) is 0 Å². The van der Waals surface area contributed by atoms with Crippen LogP contribution in [0.2, 0.25) is 0 Å². The van der Waals surface area contributed by atoms with Gasteiger partial charge < -0.3 is 10.4 Å². The van der Waals surface area contributed by atoms with Crippen LogP contribution >= 0.6 is 0 Å². The van der Waals surface area contributed by atoms with Gasteiger partial charge in [0.25, 0.3) is 0 Å². The Balaban J connectivity index is 1.98. The molecule has 23 heavy (non-hydrogen) atoms. The molecule has 2 fully saturated rings. The lowest BCUT2D eigenvalue weighted by atomic mass is 9.78. The Kier molecular flexibility index (Phi) is 5.38. The lowest BCUT2D eigenvalue weighted by Crippen LogP contribution is -2.45. The minimum absolute atomic E-state index is 0.00397. The Bertz CT molecular complexity index is 501. The average molecular weight is 324 g/mol. The van der Waals surface area contributed by atoms with E-state index in [2.05, 4.69) is 10.6 Å². The Labute approximate surface area is 137 Å². The van der Waals surface area contributed by atoms with Crippen LogP contribution < -0.4 is 10.6 Å². The fourth-order valence-electron chi connectivity index (χ4n) is 3.50. The van der Waals surface area contributed by atoms with Gasteiger partial charge in [0.2, 0.25) is 0 Å². The van der Waals surface area contributed by atoms with Crippen molar-refractivity contribution in [1.29, 1.82) is 0 Å². The summed E-state index contributed by atoms with van der Waals surface area (Å²) in [6.45, 7) is 7.74. The van der Waals surface area contributed by atoms with E-state index in [9.17, 15) is 19.5 Å². The smallest absolute Gasteiger partial charge is 0.155 e. The summed E-state index contributed by atoms with van der Waals surface area (Å²) in [4.78, 5) is 36.9. The number of carbonyl (C=O) groups is 3. The van der Waals surface area contributed by atoms with E-state index in [4.69, 9.17) is 0 Å². The first-order valence-corrected chi connectivity index (χ1v) is 8.40. The molecule has 0 saturated carbocycles. The number of nitrogens with one attached hydrogen (secondary N) is 2. The summed E-state index contributed by atoms with van der Waals surface area (Å²) < 4.78 is 0. The number of aliphatic hydroxyl groups is 1. The molecular weight excluding hydrogens is 296 g/mol. The van der Waals surface area contributed by atoms with Crippen LogP contribution in [-0.2, 0) is 14.4 Å². The number of β-amino-alcohol motifs (C(OH)–C–C–N with tert-alkyl or cyclic N) is 1. The summed E-state index contributed by atoms with van der Waals surface area (Å²) in [5.41, 5.74) is -0.690. The van der Waals surface area contributed by atoms with Crippen molar-refractivity contribution in [2.75, 3.05) is 6.54 Å². The van der Waals surface area contributed by atoms with Gasteiger partial charge in [-0.15, -0.1) is 0 Å². The zero-order valence-corrected chi connectivity index (χ0v) is 14.4. The maximum absolute atomic E-state index is 12.7. The summed E-state index contributed by atoms with van der Waals surface area (Å²) in [6, 6.07) is -1.23. The van der Waals surface area contributed by atoms with Gasteiger partial charge in [0.05, 0.1) is 24.2 Å². The van der Waals surface area contributed by atoms with Gasteiger partial charge in [-0.05, 0) is 12.8 Å². The van der Waals surface area contributed by atoms with Gasteiger partial charge in [-0.25, -0.2) is 0 Å². The van der Waals surface area contributed by atoms with Crippen molar-refractivity contribution in [1.82, 2.24) is 10.6 Å². The van der Waals surface area contributed by atoms with Crippen molar-refractivity contribution in [2.45, 2.75) is 71.2 Å². The van der Waals surface area contributed by atoms with Gasteiger partial charge in [-0.1, -0.05) is 27.7 Å². The third kappa shape index (κ3) is 4.05. The van der Waals surface area contributed by atoms with E-state index in [0.29, 0.717) is 19.4 Å². The number of hydrogen-bond donors (Lipinski definition) is 3. The van der Waals surface area contributed by atoms with Crippen LogP contribution in [-0.4, -0.2) is 53.2 Å². The number of carbonyl (C=O) groups excluding carboxylic acids is 3. The van der Waals surface area contributed by atoms with Gasteiger partial charge >= 0.3 is 0 Å². The van der Waals surface area contributed by atoms with E-state index in [0.717, 1.165) is 0 Å². The Morgan fingerprint density at radius 2 is 1.96 bits per heavy atom. The van der Waals surface area contributed by atoms with Crippen LogP contribution in [0, 0.1) is 11.3 Å². The van der Waals surface area contributed by atoms with Crippen molar-refractivity contribution in [3.05, 3.63) is 0 Å². The molecule has 2 heterocycles. The molecule has 0 spiro atoms. The molecule has 2 rings (SSSR count). The molecule has 0 aromatic heterocycles. The molecular formula is C17H28N2O4. The minimum Gasteiger partial charge on any atom is -0.392 e. The number of Topliss-reactive ketones (excluding diaryl/α,β-unsaturated/α-hetero) is 3. The molecule has 1 unspecified atom stereocenters. The van der Waals surface area contributed by atoms with E-state index in [1.54, 1.807) is 0 Å². The molecule has 6 nitrogen and oxygen atoms in total. The van der Waals surface area contributed by atoms with Crippen molar-refractivity contribution >= 4 is 17.3 Å². The third-order valence-corrected chi connectivity index (χ3v) is 4.91. The Morgan fingerprint density at radius 3 is 2.48 bits per heavy atom. The quantitative estimate of drug-likeness (QED) is 0.647. The Hall–Kier alpha value is -1.11. The van der Waals surface area contributed by atoms with E-state index in [1.165, 1.54) is 0 Å². The molecule has 0 amide bonds. The molecule has 2 saturated heterocycles. The zero-order valence-electron chi connectivity index (χ0n) is 14.4. The molecule has 0 radical (unpaired) electrons. The molecule has 2 aliphatic rings. The maximum Gasteiger partial charge on any atom is 0.155 e. The lowest BCUT2D eigenvalue weighted by Gasteiger charge is -2.29. The van der Waals surface area contributed by atoms with E-state index in [-0.39, 0.29) is 35.7 Å². The molecule has 4 atom stereocenters. The van der Waals surface area contributed by atoms with Crippen LogP contribution in [0.5, 0.6) is 0 Å². The molecule has 3 N–H and O–H groups in total. The second-order valence-electron chi connectivity index (χ2n) is 7.80. The molecule has 0 aliphatic carbocycles. The number of hydrogen-bond acceptors (Lipinski definition) is 6. The minimum atomic E-state index is -0.690. The summed E-state index contributed by atoms with van der Waals surface area (Å²) >= 11 is 0. The second-order valence-corrected chi connectivity index (χ2v) is 7.80. The third-order valence-electron chi connectivity index (χ3n) is 4.91. The molecule has 0 aromatic rings. The average Bonchev–Trinajstić information content (AvgIpc) is 3.03. The van der Waals surface area contributed by atoms with Gasteiger partial charge in [0, 0.05) is 24.3 Å². The maximum atomic E-state index is 12.7. The van der Waals surface area contributed by atoms with Gasteiger partial charge in [0.1, 0.15) is 0 Å². The predicted octanol–water partition coefficient (Wildman–Crippen LogP) is 0.219. The second kappa shape index (κ2) is 6.79. The fraction of sp³-hybridized carbons (Fsp3) is 0.824. The van der Waals surface area contributed by atoms with Crippen LogP contribution in [0.3, 0.4) is 0 Å².